The molecule has 314 valence electrons. The lowest BCUT2D eigenvalue weighted by atomic mass is 9.94. The van der Waals surface area contributed by atoms with Crippen molar-refractivity contribution in [2.24, 2.45) is 5.92 Å². The van der Waals surface area contributed by atoms with Gasteiger partial charge in [0.15, 0.2) is 5.82 Å². The molecular weight excluding hydrogens is 761 g/mol. The standard InChI is InChI=1S/C33H42N6O3.C12H12N4O2/c1-23-20-39(29-19-28(35-36-32(29)34)27-7-3-4-8-30(27)40)22-31(42-23)25-9-11-26(12-10-25)33(41)38-17-13-24(14-18-38)21-37-15-5-2-6-16-37;1-7-5-13-11-9(7)4-8(6-14-11)16-3-2-10(17)15-12(16)18/h3-4,7-12,19,23-24,31,40H,2,5-6,13-18,20-22H2,1H3,(H2,34,36);4-6H,2-3H2,1H3,(H,13,14)(H,15,17,18). The van der Waals surface area contributed by atoms with Crippen molar-refractivity contribution >= 4 is 46.1 Å². The molecule has 15 heteroatoms. The van der Waals surface area contributed by atoms with Crippen LogP contribution >= 0.6 is 0 Å². The van der Waals surface area contributed by atoms with Gasteiger partial charge < -0.3 is 35.3 Å². The number of rotatable bonds is 7. The van der Waals surface area contributed by atoms with E-state index in [4.69, 9.17) is 10.5 Å². The number of nitrogens with zero attached hydrogens (tertiary/aromatic N) is 7. The normalized spacial score (nSPS) is 20.5. The van der Waals surface area contributed by atoms with Crippen molar-refractivity contribution < 1.29 is 24.2 Å². The summed E-state index contributed by atoms with van der Waals surface area (Å²) in [6.45, 7) is 11.0. The second-order valence-corrected chi connectivity index (χ2v) is 16.4. The molecule has 5 N–H and O–H groups in total. The van der Waals surface area contributed by atoms with E-state index >= 15 is 0 Å². The summed E-state index contributed by atoms with van der Waals surface area (Å²) >= 11 is 0. The van der Waals surface area contributed by atoms with E-state index in [9.17, 15) is 19.5 Å². The van der Waals surface area contributed by atoms with Crippen molar-refractivity contribution in [2.45, 2.75) is 64.6 Å². The number of phenols is 1. The number of anilines is 3. The Morgan fingerprint density at radius 1 is 0.950 bits per heavy atom. The Morgan fingerprint density at radius 3 is 2.47 bits per heavy atom. The van der Waals surface area contributed by atoms with Crippen LogP contribution in [0.25, 0.3) is 22.3 Å². The van der Waals surface area contributed by atoms with Gasteiger partial charge in [-0.2, -0.15) is 0 Å². The first kappa shape index (κ1) is 40.7. The molecule has 0 spiro atoms. The van der Waals surface area contributed by atoms with Crippen LogP contribution in [0.2, 0.25) is 0 Å². The Morgan fingerprint density at radius 2 is 1.72 bits per heavy atom. The number of nitrogens with two attached hydrogens (primary N) is 1. The average molecular weight is 815 g/mol. The van der Waals surface area contributed by atoms with Crippen LogP contribution in [0.1, 0.15) is 73.0 Å². The van der Waals surface area contributed by atoms with Crippen molar-refractivity contribution in [3.63, 3.8) is 0 Å². The van der Waals surface area contributed by atoms with Crippen molar-refractivity contribution in [1.82, 2.24) is 35.3 Å². The van der Waals surface area contributed by atoms with Crippen LogP contribution < -0.4 is 20.9 Å². The number of carbonyl (C=O) groups is 3. The van der Waals surface area contributed by atoms with Gasteiger partial charge in [-0.3, -0.25) is 19.8 Å². The SMILES string of the molecule is CC1CN(c2cc(-c3ccccc3O)nnc2N)CC(c2ccc(C(=O)N3CCC(CN4CCCCC4)CC3)cc2)O1.Cc1c[nH]c2ncc(N3CCC(=O)NC3=O)cc12. The van der Waals surface area contributed by atoms with E-state index in [1.165, 1.54) is 43.8 Å². The lowest BCUT2D eigenvalue weighted by Crippen LogP contribution is -2.49. The highest BCUT2D eigenvalue weighted by Crippen LogP contribution is 2.35. The molecule has 60 heavy (non-hydrogen) atoms. The molecule has 7 heterocycles. The first-order valence-electron chi connectivity index (χ1n) is 21.1. The zero-order valence-electron chi connectivity index (χ0n) is 34.3. The molecule has 4 fully saturated rings. The fourth-order valence-corrected chi connectivity index (χ4v) is 8.73. The summed E-state index contributed by atoms with van der Waals surface area (Å²) in [7, 11) is 0. The van der Waals surface area contributed by atoms with Crippen molar-refractivity contribution in [3.05, 3.63) is 89.7 Å². The van der Waals surface area contributed by atoms with Gasteiger partial charge in [-0.25, -0.2) is 9.78 Å². The van der Waals surface area contributed by atoms with E-state index < -0.39 is 0 Å². The van der Waals surface area contributed by atoms with Gasteiger partial charge in [-0.05, 0) is 106 Å². The molecule has 5 aromatic rings. The van der Waals surface area contributed by atoms with E-state index in [0.717, 1.165) is 59.3 Å². The van der Waals surface area contributed by atoms with E-state index in [1.807, 2.05) is 73.5 Å². The molecule has 2 unspecified atom stereocenters. The number of urea groups is 1. The van der Waals surface area contributed by atoms with Gasteiger partial charge in [0, 0.05) is 68.4 Å². The number of piperidine rings is 2. The molecule has 0 aliphatic carbocycles. The summed E-state index contributed by atoms with van der Waals surface area (Å²) in [5, 5.41) is 22.0. The van der Waals surface area contributed by atoms with E-state index in [1.54, 1.807) is 18.3 Å². The minimum Gasteiger partial charge on any atom is -0.507 e. The highest BCUT2D eigenvalue weighted by atomic mass is 16.5. The van der Waals surface area contributed by atoms with Crippen LogP contribution in [-0.4, -0.2) is 111 Å². The zero-order valence-corrected chi connectivity index (χ0v) is 34.3. The number of aromatic amines is 1. The topological polar surface area (TPSA) is 186 Å². The molecule has 15 nitrogen and oxygen atoms in total. The summed E-state index contributed by atoms with van der Waals surface area (Å²) in [5.41, 5.74) is 12.5. The molecule has 2 atom stereocenters. The second-order valence-electron chi connectivity index (χ2n) is 16.4. The molecule has 4 amide bonds. The number of aryl methyl sites for hydroxylation is 1. The number of ether oxygens (including phenoxy) is 1. The number of carbonyl (C=O) groups excluding carboxylic acids is 3. The molecular formula is C45H54N10O5. The number of aromatic nitrogens is 4. The summed E-state index contributed by atoms with van der Waals surface area (Å²) in [6, 6.07) is 18.4. The number of hydrogen-bond acceptors (Lipinski definition) is 11. The van der Waals surface area contributed by atoms with Crippen LogP contribution in [0.15, 0.2) is 73.1 Å². The molecule has 3 aromatic heterocycles. The fourth-order valence-electron chi connectivity index (χ4n) is 8.73. The van der Waals surface area contributed by atoms with Crippen molar-refractivity contribution in [1.29, 1.82) is 0 Å². The molecule has 0 bridgehead atoms. The molecule has 4 aliphatic heterocycles. The van der Waals surface area contributed by atoms with Gasteiger partial charge in [0.2, 0.25) is 5.91 Å². The number of amides is 4. The highest BCUT2D eigenvalue weighted by molar-refractivity contribution is 6.06. The number of morpholine rings is 1. The molecule has 4 saturated heterocycles. The maximum atomic E-state index is 13.3. The third-order valence-corrected chi connectivity index (χ3v) is 12.1. The number of likely N-dealkylation sites (tertiary alicyclic amines) is 2. The monoisotopic (exact) mass is 814 g/mol. The van der Waals surface area contributed by atoms with Gasteiger partial charge in [-0.15, -0.1) is 10.2 Å². The molecule has 4 aliphatic rings. The quantitative estimate of drug-likeness (QED) is 0.150. The van der Waals surface area contributed by atoms with E-state index in [-0.39, 0.29) is 35.8 Å². The number of benzene rings is 2. The Labute approximate surface area is 349 Å². The number of fused-ring (bicyclic) bond motifs is 1. The Balaban J connectivity index is 0.000000230. The Kier molecular flexibility index (Phi) is 12.2. The van der Waals surface area contributed by atoms with Gasteiger partial charge in [-0.1, -0.05) is 30.7 Å². The minimum absolute atomic E-state index is 0.0440. The first-order chi connectivity index (χ1) is 29.1. The summed E-state index contributed by atoms with van der Waals surface area (Å²) in [4.78, 5) is 51.8. The Bertz CT molecular complexity index is 2320. The maximum Gasteiger partial charge on any atom is 0.328 e. The smallest absolute Gasteiger partial charge is 0.328 e. The van der Waals surface area contributed by atoms with Crippen molar-refractivity contribution in [2.75, 3.05) is 67.9 Å². The number of hydrogen-bond donors (Lipinski definition) is 4. The zero-order chi connectivity index (χ0) is 41.8. The molecule has 9 rings (SSSR count). The van der Waals surface area contributed by atoms with Crippen molar-refractivity contribution in [3.8, 4) is 17.0 Å². The molecule has 0 radical (unpaired) electrons. The van der Waals surface area contributed by atoms with Crippen LogP contribution in [0.5, 0.6) is 5.75 Å². The second kappa shape index (κ2) is 18.1. The van der Waals surface area contributed by atoms with Gasteiger partial charge in [0.1, 0.15) is 17.5 Å². The number of nitrogens with one attached hydrogen (secondary N) is 2. The average Bonchev–Trinajstić information content (AvgIpc) is 3.64. The van der Waals surface area contributed by atoms with Crippen LogP contribution in [-0.2, 0) is 9.53 Å². The number of aromatic hydroxyl groups is 1. The number of H-pyrrole nitrogens is 1. The third-order valence-electron chi connectivity index (χ3n) is 12.1. The lowest BCUT2D eigenvalue weighted by Gasteiger charge is -2.38. The number of pyridine rings is 1. The largest absolute Gasteiger partial charge is 0.507 e. The number of phenolic OH excluding ortho intramolecular Hbond substituents is 1. The lowest BCUT2D eigenvalue weighted by molar-refractivity contribution is -0.120. The first-order valence-corrected chi connectivity index (χ1v) is 21.1. The number of imide groups is 1. The predicted octanol–water partition coefficient (Wildman–Crippen LogP) is 6.05. The van der Waals surface area contributed by atoms with Gasteiger partial charge >= 0.3 is 6.03 Å². The molecule has 0 saturated carbocycles. The van der Waals surface area contributed by atoms with Gasteiger partial charge in [0.25, 0.3) is 5.91 Å². The Hall–Kier alpha value is -6.06. The summed E-state index contributed by atoms with van der Waals surface area (Å²) in [5.74, 6) is 1.06. The number of nitrogen functional groups attached to an aromatic ring is 1. The fraction of sp³-hybridized carbons (Fsp3) is 0.422. The van der Waals surface area contributed by atoms with Gasteiger partial charge in [0.05, 0.1) is 29.4 Å². The number of para-hydroxylation sites is 1. The van der Waals surface area contributed by atoms with Crippen LogP contribution in [0.3, 0.4) is 0 Å². The predicted molar refractivity (Wildman–Crippen MR) is 231 cm³/mol. The summed E-state index contributed by atoms with van der Waals surface area (Å²) < 4.78 is 6.33. The van der Waals surface area contributed by atoms with E-state index in [0.29, 0.717) is 54.7 Å². The van der Waals surface area contributed by atoms with E-state index in [2.05, 4.69) is 35.3 Å². The third kappa shape index (κ3) is 9.21. The van der Waals surface area contributed by atoms with Crippen LogP contribution in [0.4, 0.5) is 22.0 Å². The van der Waals surface area contributed by atoms with Crippen LogP contribution in [0, 0.1) is 12.8 Å². The highest BCUT2D eigenvalue weighted by Gasteiger charge is 2.30. The summed E-state index contributed by atoms with van der Waals surface area (Å²) in [6.07, 6.45) is 9.78. The minimum atomic E-state index is -0.388. The maximum absolute atomic E-state index is 13.3. The molecule has 2 aromatic carbocycles.